The van der Waals surface area contributed by atoms with E-state index in [-0.39, 0.29) is 17.9 Å². The molecule has 2 heterocycles. The summed E-state index contributed by atoms with van der Waals surface area (Å²) in [5, 5.41) is 2.89. The fourth-order valence-corrected chi connectivity index (χ4v) is 3.81. The highest BCUT2D eigenvalue weighted by Crippen LogP contribution is 2.26. The number of nitrogens with zero attached hydrogens (tertiary/aromatic N) is 1. The second-order valence-electron chi connectivity index (χ2n) is 7.19. The van der Waals surface area contributed by atoms with Crippen molar-refractivity contribution in [1.29, 1.82) is 0 Å². The standard InChI is InChI=1S/C17H25ClN2O3S/c1-11(19-16(22)23-17(2,3)4)12-6-5-9-20(10-12)15(21)13-7-8-14(18)24-13/h7-8,11-12H,5-6,9-10H2,1-4H3,(H,19,22)/t11-,12+/m1/s1. The lowest BCUT2D eigenvalue weighted by Gasteiger charge is -2.36. The van der Waals surface area contributed by atoms with E-state index in [2.05, 4.69) is 5.32 Å². The van der Waals surface area contributed by atoms with E-state index in [0.717, 1.165) is 19.4 Å². The smallest absolute Gasteiger partial charge is 0.407 e. The molecule has 5 nitrogen and oxygen atoms in total. The summed E-state index contributed by atoms with van der Waals surface area (Å²) in [5.74, 6) is 0.228. The second-order valence-corrected chi connectivity index (χ2v) is 8.91. The molecule has 0 spiro atoms. The fourth-order valence-electron chi connectivity index (χ4n) is 2.80. The van der Waals surface area contributed by atoms with Crippen LogP contribution in [0.5, 0.6) is 0 Å². The summed E-state index contributed by atoms with van der Waals surface area (Å²) in [5.41, 5.74) is -0.517. The minimum absolute atomic E-state index is 0.0149. The summed E-state index contributed by atoms with van der Waals surface area (Å²) in [6, 6.07) is 3.46. The molecule has 1 aliphatic heterocycles. The number of piperidine rings is 1. The Morgan fingerprint density at radius 2 is 2.12 bits per heavy atom. The van der Waals surface area contributed by atoms with Crippen LogP contribution < -0.4 is 5.32 Å². The van der Waals surface area contributed by atoms with E-state index in [1.54, 1.807) is 12.1 Å². The number of hydrogen-bond acceptors (Lipinski definition) is 4. The van der Waals surface area contributed by atoms with Crippen molar-refractivity contribution in [3.05, 3.63) is 21.3 Å². The Morgan fingerprint density at radius 3 is 2.71 bits per heavy atom. The predicted octanol–water partition coefficient (Wildman–Crippen LogP) is 4.17. The minimum atomic E-state index is -0.517. The van der Waals surface area contributed by atoms with Crippen molar-refractivity contribution < 1.29 is 14.3 Å². The first-order valence-electron chi connectivity index (χ1n) is 8.20. The molecule has 1 N–H and O–H groups in total. The topological polar surface area (TPSA) is 58.6 Å². The lowest BCUT2D eigenvalue weighted by atomic mass is 9.91. The molecule has 24 heavy (non-hydrogen) atoms. The molecule has 0 saturated carbocycles. The molecular weight excluding hydrogens is 348 g/mol. The number of likely N-dealkylation sites (tertiary alicyclic amines) is 1. The molecule has 1 aliphatic rings. The SMILES string of the molecule is C[C@@H](NC(=O)OC(C)(C)C)[C@H]1CCCN(C(=O)c2ccc(Cl)s2)C1. The quantitative estimate of drug-likeness (QED) is 0.866. The van der Waals surface area contributed by atoms with Gasteiger partial charge in [0.1, 0.15) is 5.60 Å². The lowest BCUT2D eigenvalue weighted by molar-refractivity contribution is 0.0461. The molecule has 7 heteroatoms. The van der Waals surface area contributed by atoms with Crippen LogP contribution in [0, 0.1) is 5.92 Å². The summed E-state index contributed by atoms with van der Waals surface area (Å²) >= 11 is 7.22. The highest BCUT2D eigenvalue weighted by molar-refractivity contribution is 7.17. The summed E-state index contributed by atoms with van der Waals surface area (Å²) in [6.45, 7) is 8.85. The average molecular weight is 373 g/mol. The summed E-state index contributed by atoms with van der Waals surface area (Å²) in [6.07, 6.45) is 1.49. The zero-order chi connectivity index (χ0) is 17.9. The number of thiophene rings is 1. The highest BCUT2D eigenvalue weighted by atomic mass is 35.5. The van der Waals surface area contributed by atoms with Gasteiger partial charge in [0.05, 0.1) is 9.21 Å². The maximum Gasteiger partial charge on any atom is 0.407 e. The van der Waals surface area contributed by atoms with E-state index in [4.69, 9.17) is 16.3 Å². The van der Waals surface area contributed by atoms with E-state index in [1.165, 1.54) is 11.3 Å². The van der Waals surface area contributed by atoms with Crippen LogP contribution in [0.1, 0.15) is 50.2 Å². The Balaban J connectivity index is 1.92. The molecule has 1 fully saturated rings. The van der Waals surface area contributed by atoms with Gasteiger partial charge in [-0.25, -0.2) is 4.79 Å². The molecule has 0 radical (unpaired) electrons. The fraction of sp³-hybridized carbons (Fsp3) is 0.647. The van der Waals surface area contributed by atoms with Gasteiger partial charge in [-0.15, -0.1) is 11.3 Å². The van der Waals surface area contributed by atoms with Gasteiger partial charge < -0.3 is 15.0 Å². The zero-order valence-electron chi connectivity index (χ0n) is 14.6. The van der Waals surface area contributed by atoms with Gasteiger partial charge in [0.15, 0.2) is 0 Å². The maximum atomic E-state index is 12.6. The van der Waals surface area contributed by atoms with Crippen LogP contribution >= 0.6 is 22.9 Å². The van der Waals surface area contributed by atoms with Gasteiger partial charge in [-0.1, -0.05) is 11.6 Å². The van der Waals surface area contributed by atoms with Gasteiger partial charge in [0.2, 0.25) is 0 Å². The van der Waals surface area contributed by atoms with Crippen molar-refractivity contribution in [3.8, 4) is 0 Å². The number of nitrogens with one attached hydrogen (secondary N) is 1. The molecule has 0 aliphatic carbocycles. The van der Waals surface area contributed by atoms with Crippen LogP contribution in [0.15, 0.2) is 12.1 Å². The average Bonchev–Trinajstić information content (AvgIpc) is 2.91. The Kier molecular flexibility index (Phi) is 6.15. The van der Waals surface area contributed by atoms with Crippen LogP contribution in [0.4, 0.5) is 4.79 Å². The number of carbonyl (C=O) groups is 2. The van der Waals surface area contributed by atoms with Gasteiger partial charge in [0.25, 0.3) is 5.91 Å². The highest BCUT2D eigenvalue weighted by Gasteiger charge is 2.30. The molecule has 2 amide bonds. The van der Waals surface area contributed by atoms with Crippen molar-refractivity contribution in [2.45, 2.75) is 52.2 Å². The van der Waals surface area contributed by atoms with Crippen LogP contribution in [0.25, 0.3) is 0 Å². The van der Waals surface area contributed by atoms with E-state index < -0.39 is 11.7 Å². The summed E-state index contributed by atoms with van der Waals surface area (Å²) in [7, 11) is 0. The van der Waals surface area contributed by atoms with Crippen LogP contribution in [0.3, 0.4) is 0 Å². The Labute approximate surface area is 152 Å². The first kappa shape index (κ1) is 19.1. The number of ether oxygens (including phenoxy) is 1. The molecular formula is C17H25ClN2O3S. The monoisotopic (exact) mass is 372 g/mol. The zero-order valence-corrected chi connectivity index (χ0v) is 16.2. The van der Waals surface area contributed by atoms with Crippen molar-refractivity contribution in [1.82, 2.24) is 10.2 Å². The predicted molar refractivity (Wildman–Crippen MR) is 96.8 cm³/mol. The van der Waals surface area contributed by atoms with Gasteiger partial charge >= 0.3 is 6.09 Å². The van der Waals surface area contributed by atoms with Gasteiger partial charge in [0, 0.05) is 19.1 Å². The number of amides is 2. The molecule has 1 aromatic heterocycles. The van der Waals surface area contributed by atoms with E-state index >= 15 is 0 Å². The third-order valence-electron chi connectivity index (χ3n) is 3.98. The molecule has 2 rings (SSSR count). The third-order valence-corrected chi connectivity index (χ3v) is 5.20. The summed E-state index contributed by atoms with van der Waals surface area (Å²) in [4.78, 5) is 27.0. The Bertz CT molecular complexity index is 597. The Hall–Kier alpha value is -1.27. The van der Waals surface area contributed by atoms with Crippen molar-refractivity contribution >= 4 is 34.9 Å². The molecule has 134 valence electrons. The molecule has 0 aromatic carbocycles. The van der Waals surface area contributed by atoms with Crippen molar-refractivity contribution in [2.75, 3.05) is 13.1 Å². The maximum absolute atomic E-state index is 12.6. The van der Waals surface area contributed by atoms with E-state index in [0.29, 0.717) is 15.8 Å². The van der Waals surface area contributed by atoms with E-state index in [9.17, 15) is 9.59 Å². The first-order valence-corrected chi connectivity index (χ1v) is 9.39. The normalized spacial score (nSPS) is 19.7. The molecule has 2 atom stereocenters. The number of carbonyl (C=O) groups excluding carboxylic acids is 2. The van der Waals surface area contributed by atoms with Gasteiger partial charge in [-0.2, -0.15) is 0 Å². The molecule has 1 aromatic rings. The number of rotatable bonds is 3. The molecule has 0 unspecified atom stereocenters. The number of alkyl carbamates (subject to hydrolysis) is 1. The van der Waals surface area contributed by atoms with Crippen LogP contribution in [-0.4, -0.2) is 41.6 Å². The van der Waals surface area contributed by atoms with Crippen molar-refractivity contribution in [3.63, 3.8) is 0 Å². The Morgan fingerprint density at radius 1 is 1.42 bits per heavy atom. The van der Waals surface area contributed by atoms with Crippen LogP contribution in [-0.2, 0) is 4.74 Å². The van der Waals surface area contributed by atoms with E-state index in [1.807, 2.05) is 32.6 Å². The summed E-state index contributed by atoms with van der Waals surface area (Å²) < 4.78 is 5.92. The third kappa shape index (κ3) is 5.38. The van der Waals surface area contributed by atoms with Gasteiger partial charge in [-0.05, 0) is 58.6 Å². The number of hydrogen-bond donors (Lipinski definition) is 1. The largest absolute Gasteiger partial charge is 0.444 e. The van der Waals surface area contributed by atoms with Crippen LogP contribution in [0.2, 0.25) is 4.34 Å². The minimum Gasteiger partial charge on any atom is -0.444 e. The molecule has 0 bridgehead atoms. The lowest BCUT2D eigenvalue weighted by Crippen LogP contribution is -2.48. The number of halogens is 1. The van der Waals surface area contributed by atoms with Gasteiger partial charge in [-0.3, -0.25) is 4.79 Å². The molecule has 1 saturated heterocycles. The second kappa shape index (κ2) is 7.74. The first-order chi connectivity index (χ1) is 11.2. The van der Waals surface area contributed by atoms with Crippen molar-refractivity contribution in [2.24, 2.45) is 5.92 Å².